The average Bonchev–Trinajstić information content (AvgIpc) is 2.66. The first kappa shape index (κ1) is 21.8. The topological polar surface area (TPSA) is 77.0 Å². The van der Waals surface area contributed by atoms with Gasteiger partial charge in [0.15, 0.2) is 6.61 Å². The van der Waals surface area contributed by atoms with Gasteiger partial charge in [0.2, 0.25) is 0 Å². The molecule has 152 valence electrons. The zero-order valence-corrected chi connectivity index (χ0v) is 17.1. The lowest BCUT2D eigenvalue weighted by Crippen LogP contribution is -2.28. The summed E-state index contributed by atoms with van der Waals surface area (Å²) in [5.74, 6) is -0.367. The fourth-order valence-electron chi connectivity index (χ4n) is 2.30. The third kappa shape index (κ3) is 6.61. The summed E-state index contributed by atoms with van der Waals surface area (Å²) in [5.41, 5.74) is 1.70. The van der Waals surface area contributed by atoms with Crippen molar-refractivity contribution in [2.24, 2.45) is 4.36 Å². The Morgan fingerprint density at radius 3 is 2.43 bits per heavy atom. The maximum atomic E-state index is 13.9. The number of amides is 1. The minimum atomic E-state index is -1.93. The number of benzene rings is 2. The van der Waals surface area contributed by atoms with Crippen LogP contribution in [0.15, 0.2) is 46.8 Å². The smallest absolute Gasteiger partial charge is 0.258 e. The van der Waals surface area contributed by atoms with Crippen molar-refractivity contribution in [2.75, 3.05) is 13.7 Å². The molecule has 0 unspecified atom stereocenters. The number of rotatable bonds is 7. The number of carbonyl (C=O) groups excluding carboxylic acids is 1. The zero-order valence-electron chi connectivity index (χ0n) is 16.3. The van der Waals surface area contributed by atoms with Gasteiger partial charge in [-0.05, 0) is 40.8 Å². The summed E-state index contributed by atoms with van der Waals surface area (Å²) in [6.07, 6.45) is 0. The van der Waals surface area contributed by atoms with E-state index in [2.05, 4.69) is 34.6 Å². The van der Waals surface area contributed by atoms with E-state index < -0.39 is 16.7 Å². The van der Waals surface area contributed by atoms with Gasteiger partial charge in [0.1, 0.15) is 11.6 Å². The average molecular weight is 407 g/mol. The van der Waals surface area contributed by atoms with Gasteiger partial charge in [0.25, 0.3) is 5.91 Å². The Morgan fingerprint density at radius 1 is 1.18 bits per heavy atom. The second-order valence-electron chi connectivity index (χ2n) is 7.10. The summed E-state index contributed by atoms with van der Waals surface area (Å²) in [6, 6.07) is 11.8. The fourth-order valence-corrected chi connectivity index (χ4v) is 2.69. The van der Waals surface area contributed by atoms with E-state index in [1.54, 1.807) is 6.07 Å². The first-order valence-electron chi connectivity index (χ1n) is 8.65. The fraction of sp³-hybridized carbons (Fsp3) is 0.350. The molecule has 0 aliphatic carbocycles. The molecule has 0 bridgehead atoms. The van der Waals surface area contributed by atoms with Crippen molar-refractivity contribution in [1.29, 1.82) is 0 Å². The predicted molar refractivity (Wildman–Crippen MR) is 106 cm³/mol. The summed E-state index contributed by atoms with van der Waals surface area (Å²) >= 11 is 0. The minimum Gasteiger partial charge on any atom is -0.484 e. The molecule has 0 heterocycles. The third-order valence-corrected chi connectivity index (χ3v) is 4.54. The normalized spacial score (nSPS) is 12.6. The Balaban J connectivity index is 1.85. The summed E-state index contributed by atoms with van der Waals surface area (Å²) in [5, 5.41) is 2.66. The largest absolute Gasteiger partial charge is 0.484 e. The Bertz CT molecular complexity index is 901. The SMILES string of the molecule is CO[S-](=O)=Nc1ccc(CNC(=O)COc2ccc(C(C)(C)C)cc2)cc1F. The van der Waals surface area contributed by atoms with Crippen LogP contribution in [0.4, 0.5) is 10.1 Å². The molecule has 1 N–H and O–H groups in total. The molecule has 8 heteroatoms. The molecular formula is C20H24FN2O4S-. The summed E-state index contributed by atoms with van der Waals surface area (Å²) < 4.78 is 38.6. The highest BCUT2D eigenvalue weighted by Gasteiger charge is 2.13. The maximum absolute atomic E-state index is 13.9. The Hall–Kier alpha value is -2.45. The van der Waals surface area contributed by atoms with E-state index in [4.69, 9.17) is 4.74 Å². The monoisotopic (exact) mass is 407 g/mol. The number of nitrogens with zero attached hydrogens (tertiary/aromatic N) is 1. The van der Waals surface area contributed by atoms with Gasteiger partial charge in [-0.2, -0.15) is 0 Å². The Morgan fingerprint density at radius 2 is 1.86 bits per heavy atom. The molecule has 0 saturated heterocycles. The van der Waals surface area contributed by atoms with Gasteiger partial charge in [-0.25, -0.2) is 4.39 Å². The number of hydrogen-bond acceptors (Lipinski definition) is 6. The first-order chi connectivity index (χ1) is 13.2. The molecular weight excluding hydrogens is 383 g/mol. The Kier molecular flexibility index (Phi) is 7.53. The highest BCUT2D eigenvalue weighted by Crippen LogP contribution is 2.24. The van der Waals surface area contributed by atoms with Crippen LogP contribution in [0.5, 0.6) is 5.75 Å². The number of hydrogen-bond donors (Lipinski definition) is 1. The minimum absolute atomic E-state index is 0.0482. The molecule has 2 aromatic rings. The number of nitrogens with one attached hydrogen (secondary N) is 1. The number of ether oxygens (including phenoxy) is 1. The first-order valence-corrected chi connectivity index (χ1v) is 9.69. The molecule has 6 nitrogen and oxygen atoms in total. The Labute approximate surface area is 166 Å². The third-order valence-electron chi connectivity index (χ3n) is 3.91. The lowest BCUT2D eigenvalue weighted by atomic mass is 9.87. The molecule has 0 fully saturated rings. The lowest BCUT2D eigenvalue weighted by Gasteiger charge is -2.19. The molecule has 0 atom stereocenters. The predicted octanol–water partition coefficient (Wildman–Crippen LogP) is 4.16. The number of carbonyl (C=O) groups is 1. The molecule has 2 rings (SSSR count). The van der Waals surface area contributed by atoms with Crippen molar-refractivity contribution < 1.29 is 22.3 Å². The quantitative estimate of drug-likeness (QED) is 0.699. The van der Waals surface area contributed by atoms with Gasteiger partial charge < -0.3 is 22.8 Å². The van der Waals surface area contributed by atoms with Crippen molar-refractivity contribution in [3.63, 3.8) is 0 Å². The van der Waals surface area contributed by atoms with Crippen LogP contribution in [0.3, 0.4) is 0 Å². The van der Waals surface area contributed by atoms with Crippen molar-refractivity contribution in [2.45, 2.75) is 32.7 Å². The van der Waals surface area contributed by atoms with E-state index in [9.17, 15) is 13.4 Å². The number of halogens is 1. The molecule has 28 heavy (non-hydrogen) atoms. The second-order valence-corrected chi connectivity index (χ2v) is 8.05. The standard InChI is InChI=1S/C20H24FN2O4S/c1-20(2,3)15-6-8-16(9-7-15)27-13-19(24)22-12-14-5-10-18(17(21)11-14)23-28(25)26-4/h5-11H,12-13H2,1-4H3,(H,22,24)/q-1. The second kappa shape index (κ2) is 9.66. The van der Waals surface area contributed by atoms with Crippen LogP contribution in [0.1, 0.15) is 31.9 Å². The van der Waals surface area contributed by atoms with E-state index in [1.165, 1.54) is 24.8 Å². The molecule has 0 aliphatic rings. The molecule has 2 aromatic carbocycles. The molecule has 0 radical (unpaired) electrons. The van der Waals surface area contributed by atoms with E-state index in [-0.39, 0.29) is 30.2 Å². The molecule has 1 amide bonds. The van der Waals surface area contributed by atoms with E-state index in [0.717, 1.165) is 0 Å². The van der Waals surface area contributed by atoms with Gasteiger partial charge in [0, 0.05) is 13.7 Å². The van der Waals surface area contributed by atoms with E-state index in [1.807, 2.05) is 24.3 Å². The van der Waals surface area contributed by atoms with Gasteiger partial charge in [0.05, 0.1) is 5.69 Å². The van der Waals surface area contributed by atoms with Gasteiger partial charge in [-0.15, -0.1) is 0 Å². The van der Waals surface area contributed by atoms with Gasteiger partial charge in [-0.1, -0.05) is 49.8 Å². The van der Waals surface area contributed by atoms with Crippen LogP contribution in [-0.4, -0.2) is 19.6 Å². The lowest BCUT2D eigenvalue weighted by molar-refractivity contribution is -0.123. The van der Waals surface area contributed by atoms with Crippen molar-refractivity contribution in [1.82, 2.24) is 5.32 Å². The van der Waals surface area contributed by atoms with Crippen LogP contribution in [0.2, 0.25) is 0 Å². The van der Waals surface area contributed by atoms with Crippen molar-refractivity contribution >= 4 is 22.5 Å². The van der Waals surface area contributed by atoms with Crippen LogP contribution < -0.4 is 10.1 Å². The van der Waals surface area contributed by atoms with E-state index in [0.29, 0.717) is 11.3 Å². The molecule has 0 aliphatic heterocycles. The van der Waals surface area contributed by atoms with Crippen LogP contribution in [-0.2, 0) is 36.0 Å². The highest BCUT2D eigenvalue weighted by atomic mass is 32.2. The van der Waals surface area contributed by atoms with Gasteiger partial charge in [-0.3, -0.25) is 4.79 Å². The van der Waals surface area contributed by atoms with Crippen molar-refractivity contribution in [3.05, 3.63) is 59.4 Å². The molecule has 0 saturated carbocycles. The summed E-state index contributed by atoms with van der Waals surface area (Å²) in [6.45, 7) is 6.36. The van der Waals surface area contributed by atoms with Crippen LogP contribution in [0.25, 0.3) is 0 Å². The zero-order chi connectivity index (χ0) is 20.7. The highest BCUT2D eigenvalue weighted by molar-refractivity contribution is 7.69. The van der Waals surface area contributed by atoms with Gasteiger partial charge >= 0.3 is 0 Å². The summed E-state index contributed by atoms with van der Waals surface area (Å²) in [4.78, 5) is 11.9. The van der Waals surface area contributed by atoms with Crippen molar-refractivity contribution in [3.8, 4) is 5.75 Å². The maximum Gasteiger partial charge on any atom is 0.258 e. The van der Waals surface area contributed by atoms with Crippen LogP contribution in [0, 0.1) is 5.82 Å². The molecule has 0 spiro atoms. The van der Waals surface area contributed by atoms with Crippen LogP contribution >= 0.6 is 0 Å². The van der Waals surface area contributed by atoms with E-state index >= 15 is 0 Å². The molecule has 0 aromatic heterocycles. The summed E-state index contributed by atoms with van der Waals surface area (Å²) in [7, 11) is -0.724.